The van der Waals surface area contributed by atoms with E-state index in [-0.39, 0.29) is 36.1 Å². The molecule has 3 aliphatic rings. The summed E-state index contributed by atoms with van der Waals surface area (Å²) in [5, 5.41) is 17.7. The van der Waals surface area contributed by atoms with E-state index in [1.807, 2.05) is 123 Å². The Bertz CT molecular complexity index is 3870. The summed E-state index contributed by atoms with van der Waals surface area (Å²) in [6, 6.07) is 40.1. The van der Waals surface area contributed by atoms with Gasteiger partial charge in [0.05, 0.1) is 54.7 Å². The minimum absolute atomic E-state index is 0.0849. The summed E-state index contributed by atoms with van der Waals surface area (Å²) in [6.07, 6.45) is 9.35. The van der Waals surface area contributed by atoms with Gasteiger partial charge in [-0.2, -0.15) is 0 Å². The molecule has 4 amide bonds. The lowest BCUT2D eigenvalue weighted by Gasteiger charge is -2.42. The number of nitrogens with zero attached hydrogens (tertiary/aromatic N) is 8. The zero-order valence-corrected chi connectivity index (χ0v) is 61.8. The summed E-state index contributed by atoms with van der Waals surface area (Å²) < 4.78 is 36.3. The van der Waals surface area contributed by atoms with Crippen molar-refractivity contribution in [2.75, 3.05) is 52.1 Å². The molecular formula is C78H91ClN10O12S2. The number of carbonyl (C=O) groups is 5. The van der Waals surface area contributed by atoms with Crippen molar-refractivity contribution in [3.63, 3.8) is 0 Å². The number of pyridine rings is 4. The van der Waals surface area contributed by atoms with Gasteiger partial charge in [0.25, 0.3) is 5.91 Å². The van der Waals surface area contributed by atoms with Gasteiger partial charge < -0.3 is 48.6 Å². The minimum Gasteiger partial charge on any atom is -0.495 e. The molecule has 0 aliphatic carbocycles. The van der Waals surface area contributed by atoms with Crippen LogP contribution in [0.3, 0.4) is 0 Å². The van der Waals surface area contributed by atoms with Crippen LogP contribution < -0.4 is 25.0 Å². The number of epoxide rings is 1. The van der Waals surface area contributed by atoms with Gasteiger partial charge in [0.15, 0.2) is 5.72 Å². The molecule has 0 spiro atoms. The van der Waals surface area contributed by atoms with Crippen LogP contribution in [-0.4, -0.2) is 159 Å². The quantitative estimate of drug-likeness (QED) is 0.0170. The fraction of sp³-hybridized carbons (Fsp3) is 0.397. The SMILES string of the molecule is COc1cc2cc(c1Cl)N(C)C(=O)C[C@H](OC(=O)[C@H](C)N(C)C(=O)CCSSc1ccc(C(=O)NCCCCOc3cc(CN(Cc4ccccn4)Cc4ccccn4)cc(CN(Cc4ccccn4)Cc4ccccn4)c3)cc1)C1(C)O[C@H]1[C@H](C)[C@@H]1C[C@@](O)(NC(=O)O1)[C@H](OC)/C=C/C=C(\C)C2. The van der Waals surface area contributed by atoms with E-state index in [0.717, 1.165) is 55.7 Å². The van der Waals surface area contributed by atoms with Crippen molar-refractivity contribution in [1.82, 2.24) is 45.3 Å². The van der Waals surface area contributed by atoms with Crippen LogP contribution in [0.25, 0.3) is 0 Å². The van der Waals surface area contributed by atoms with Crippen LogP contribution in [0.15, 0.2) is 181 Å². The summed E-state index contributed by atoms with van der Waals surface area (Å²) in [5.41, 5.74) is 5.43. The standard InChI is InChI=1S/C78H91ClN10O12S2/c1-52-20-19-25-68(97-8)78(95)45-67(99-76(94)85-78)53(2)73-77(4,101-73)69(44-71(91)87(6)65-42-55(38-52)43-66(96-7)72(65)79)100-75(93)54(3)86(5)70(90)30-37-102-103-64-28-26-58(27-29-64)74(92)84-35-17-18-36-98-63-40-56(46-88(48-59-21-9-13-31-80-59)49-60-22-10-14-32-81-60)39-57(41-63)47-89(50-61-23-11-15-33-82-61)51-62-24-12-16-34-83-62/h9-16,19-29,31-34,39-43,53-54,67-69,73,95H,17-18,30,35-38,44-51H2,1-8H3,(H,84,92)(H,85,94)/b25-19+,52-20+/t53-,54+,67+,68-,69+,73+,77?,78+/m1/s1. The molecule has 7 heterocycles. The number of allylic oxidation sites excluding steroid dienone is 3. The highest BCUT2D eigenvalue weighted by Gasteiger charge is 2.64. The summed E-state index contributed by atoms with van der Waals surface area (Å²) in [5.74, 6) is -0.803. The molecule has 3 N–H and O–H groups in total. The number of benzene rings is 3. The number of hydrogen-bond donors (Lipinski definition) is 3. The first-order valence-corrected chi connectivity index (χ1v) is 37.2. The molecule has 544 valence electrons. The molecule has 0 radical (unpaired) electrons. The van der Waals surface area contributed by atoms with Gasteiger partial charge in [-0.15, -0.1) is 0 Å². The molecule has 4 aromatic heterocycles. The van der Waals surface area contributed by atoms with Gasteiger partial charge in [-0.3, -0.25) is 49.4 Å². The zero-order chi connectivity index (χ0) is 73.0. The predicted octanol–water partition coefficient (Wildman–Crippen LogP) is 11.9. The molecule has 103 heavy (non-hydrogen) atoms. The number of amides is 4. The van der Waals surface area contributed by atoms with Crippen molar-refractivity contribution in [2.24, 2.45) is 5.92 Å². The Balaban J connectivity index is 0.712. The van der Waals surface area contributed by atoms with Crippen molar-refractivity contribution in [2.45, 2.75) is 152 Å². The first-order valence-electron chi connectivity index (χ1n) is 34.5. The van der Waals surface area contributed by atoms with Crippen LogP contribution in [0.1, 0.15) is 110 Å². The highest BCUT2D eigenvalue weighted by Crippen LogP contribution is 2.49. The number of methoxy groups -OCH3 is 2. The fourth-order valence-electron chi connectivity index (χ4n) is 12.7. The van der Waals surface area contributed by atoms with Gasteiger partial charge in [-0.05, 0) is 154 Å². The maximum atomic E-state index is 14.5. The number of hydrogen-bond acceptors (Lipinski definition) is 20. The van der Waals surface area contributed by atoms with E-state index in [2.05, 4.69) is 58.6 Å². The maximum Gasteiger partial charge on any atom is 0.409 e. The third-order valence-electron chi connectivity index (χ3n) is 18.6. The number of likely N-dealkylation sites (N-methyl/N-ethyl adjacent to an activating group) is 1. The number of fused-ring (bicyclic) bond motifs is 5. The molecule has 3 aliphatic heterocycles. The van der Waals surface area contributed by atoms with E-state index in [9.17, 15) is 29.1 Å². The Morgan fingerprint density at radius 2 is 1.41 bits per heavy atom. The zero-order valence-electron chi connectivity index (χ0n) is 59.4. The van der Waals surface area contributed by atoms with Crippen molar-refractivity contribution in [1.29, 1.82) is 0 Å². The molecule has 10 rings (SSSR count). The first-order chi connectivity index (χ1) is 49.7. The van der Waals surface area contributed by atoms with Crippen molar-refractivity contribution < 1.29 is 57.5 Å². The van der Waals surface area contributed by atoms with Gasteiger partial charge in [-0.25, -0.2) is 9.59 Å². The highest BCUT2D eigenvalue weighted by molar-refractivity contribution is 8.76. The van der Waals surface area contributed by atoms with E-state index in [0.29, 0.717) is 94.4 Å². The molecule has 7 aromatic rings. The average Bonchev–Trinajstić information content (AvgIpc) is 1.57. The Hall–Kier alpha value is -8.72. The second kappa shape index (κ2) is 36.6. The number of carbonyl (C=O) groups excluding carboxylic acids is 5. The number of anilines is 1. The lowest BCUT2D eigenvalue weighted by molar-refractivity contribution is -0.162. The van der Waals surface area contributed by atoms with Gasteiger partial charge in [0.2, 0.25) is 11.8 Å². The van der Waals surface area contributed by atoms with Gasteiger partial charge in [0, 0.05) is 127 Å². The lowest BCUT2D eigenvalue weighted by Crippen LogP contribution is -2.63. The number of esters is 1. The third-order valence-corrected chi connectivity index (χ3v) is 21.4. The Morgan fingerprint density at radius 1 is 0.816 bits per heavy atom. The second-order valence-electron chi connectivity index (χ2n) is 26.5. The van der Waals surface area contributed by atoms with E-state index < -0.39 is 65.7 Å². The van der Waals surface area contributed by atoms with Gasteiger partial charge >= 0.3 is 12.1 Å². The van der Waals surface area contributed by atoms with Crippen molar-refractivity contribution >= 4 is 68.7 Å². The van der Waals surface area contributed by atoms with Crippen LogP contribution >= 0.6 is 33.2 Å². The highest BCUT2D eigenvalue weighted by atomic mass is 35.5. The molecule has 8 atom stereocenters. The Labute approximate surface area is 615 Å². The second-order valence-corrected chi connectivity index (χ2v) is 29.3. The number of aromatic nitrogens is 4. The number of rotatable bonds is 29. The molecular weight excluding hydrogens is 1370 g/mol. The van der Waals surface area contributed by atoms with E-state index in [1.54, 1.807) is 64.2 Å². The molecule has 3 aromatic carbocycles. The summed E-state index contributed by atoms with van der Waals surface area (Å²) in [6.45, 7) is 11.6. The number of halogens is 1. The minimum atomic E-state index is -1.87. The lowest BCUT2D eigenvalue weighted by atomic mass is 9.83. The summed E-state index contributed by atoms with van der Waals surface area (Å²) >= 11 is 6.88. The van der Waals surface area contributed by atoms with Crippen molar-refractivity contribution in [3.8, 4) is 11.5 Å². The molecule has 1 unspecified atom stereocenters. The molecule has 4 bridgehead atoms. The first kappa shape index (κ1) is 76.9. The Morgan fingerprint density at radius 3 is 1.96 bits per heavy atom. The third kappa shape index (κ3) is 21.5. The van der Waals surface area contributed by atoms with E-state index >= 15 is 0 Å². The van der Waals surface area contributed by atoms with Crippen LogP contribution in [0.4, 0.5) is 10.5 Å². The van der Waals surface area contributed by atoms with Crippen LogP contribution in [0.5, 0.6) is 11.5 Å². The average molecular weight is 1460 g/mol. The summed E-state index contributed by atoms with van der Waals surface area (Å²) in [4.78, 5) is 95.9. The topological polar surface area (TPSA) is 253 Å². The van der Waals surface area contributed by atoms with Gasteiger partial charge in [-0.1, -0.05) is 94.2 Å². The van der Waals surface area contributed by atoms with Crippen molar-refractivity contribution in [3.05, 3.63) is 226 Å². The Kier molecular flexibility index (Phi) is 27.3. The van der Waals surface area contributed by atoms with E-state index in [4.69, 9.17) is 40.0 Å². The molecule has 25 heteroatoms. The normalized spacial score (nSPS) is 21.6. The van der Waals surface area contributed by atoms with Crippen LogP contribution in [0.2, 0.25) is 5.02 Å². The number of ether oxygens (including phenoxy) is 6. The molecule has 22 nitrogen and oxygen atoms in total. The smallest absolute Gasteiger partial charge is 0.409 e. The molecule has 2 fully saturated rings. The molecule has 2 saturated heterocycles. The fourth-order valence-corrected chi connectivity index (χ4v) is 15.0. The number of alkyl carbamates (subject to hydrolysis) is 1. The van der Waals surface area contributed by atoms with Gasteiger partial charge in [0.1, 0.15) is 46.5 Å². The number of unbranched alkanes of at least 4 members (excludes halogenated alkanes) is 1. The molecule has 0 saturated carbocycles. The maximum absolute atomic E-state index is 14.5. The number of aliphatic hydroxyl groups is 1. The van der Waals surface area contributed by atoms with Crippen LogP contribution in [0, 0.1) is 5.92 Å². The monoisotopic (exact) mass is 1460 g/mol. The van der Waals surface area contributed by atoms with Crippen LogP contribution in [-0.2, 0) is 79.0 Å². The number of nitrogens with one attached hydrogen (secondary N) is 2. The van der Waals surface area contributed by atoms with E-state index in [1.165, 1.54) is 52.7 Å². The predicted molar refractivity (Wildman–Crippen MR) is 397 cm³/mol. The summed E-state index contributed by atoms with van der Waals surface area (Å²) in [7, 11) is 8.94. The largest absolute Gasteiger partial charge is 0.495 e.